The molecule has 6 nitrogen and oxygen atoms in total. The Kier molecular flexibility index (Phi) is 4.51. The molecule has 7 heteroatoms. The fourth-order valence-corrected chi connectivity index (χ4v) is 3.64. The molecule has 2 aromatic heterocycles. The summed E-state index contributed by atoms with van der Waals surface area (Å²) < 4.78 is 47.0. The molecule has 31 heavy (non-hydrogen) atoms. The zero-order valence-corrected chi connectivity index (χ0v) is 17.7. The normalized spacial score (nSPS) is 16.3. The van der Waals surface area contributed by atoms with Crippen molar-refractivity contribution in [2.75, 3.05) is 20.1 Å². The van der Waals surface area contributed by atoms with Crippen molar-refractivity contribution >= 4 is 22.7 Å². The zero-order valence-electron chi connectivity index (χ0n) is 20.7. The number of pyridine rings is 1. The monoisotopic (exact) mass is 426 g/mol. The van der Waals surface area contributed by atoms with Crippen molar-refractivity contribution in [3.05, 3.63) is 54.1 Å². The predicted octanol–water partition coefficient (Wildman–Crippen LogP) is 5.40. The number of aromatic amines is 1. The van der Waals surface area contributed by atoms with Crippen LogP contribution in [0.1, 0.15) is 37.0 Å². The van der Waals surface area contributed by atoms with E-state index in [-0.39, 0.29) is 11.8 Å². The van der Waals surface area contributed by atoms with E-state index in [1.807, 2.05) is 32.9 Å². The standard InChI is InChI=1S/C24H26FN3O3/c1-24(2,3)31-23(29)28-11-8-15(9-12-28)20-14-19-17(7-10-26-22(19)27-20)18-13-16(25)5-6-21(18)30-4/h5-8,10,13-14H,9,11-12H2,1-4H3,(H,26,27)/i4D3. The molecule has 0 saturated carbocycles. The summed E-state index contributed by atoms with van der Waals surface area (Å²) in [7, 11) is -2.67. The first kappa shape index (κ1) is 17.3. The summed E-state index contributed by atoms with van der Waals surface area (Å²) in [4.78, 5) is 21.6. The van der Waals surface area contributed by atoms with Gasteiger partial charge in [-0.05, 0) is 68.7 Å². The van der Waals surface area contributed by atoms with Crippen molar-refractivity contribution in [1.29, 1.82) is 0 Å². The van der Waals surface area contributed by atoms with Gasteiger partial charge in [-0.15, -0.1) is 0 Å². The Labute approximate surface area is 184 Å². The van der Waals surface area contributed by atoms with E-state index in [9.17, 15) is 9.18 Å². The molecule has 1 N–H and O–H groups in total. The molecule has 0 aliphatic carbocycles. The van der Waals surface area contributed by atoms with Crippen molar-refractivity contribution in [1.82, 2.24) is 14.9 Å². The number of H-pyrrole nitrogens is 1. The molecule has 0 spiro atoms. The molecule has 3 heterocycles. The summed E-state index contributed by atoms with van der Waals surface area (Å²) >= 11 is 0. The highest BCUT2D eigenvalue weighted by molar-refractivity contribution is 5.96. The molecule has 162 valence electrons. The number of carbonyl (C=O) groups is 1. The zero-order chi connectivity index (χ0) is 24.7. The summed E-state index contributed by atoms with van der Waals surface area (Å²) in [6.07, 6.45) is 3.80. The minimum absolute atomic E-state index is 0.0570. The maximum atomic E-state index is 14.1. The molecular formula is C24H26FN3O3. The average molecular weight is 427 g/mol. The number of benzene rings is 1. The van der Waals surface area contributed by atoms with Crippen LogP contribution in [0, 0.1) is 5.82 Å². The minimum atomic E-state index is -2.67. The van der Waals surface area contributed by atoms with Crippen LogP contribution in [-0.2, 0) is 4.74 Å². The molecule has 0 bridgehead atoms. The summed E-state index contributed by atoms with van der Waals surface area (Å²) in [6.45, 7) is 6.42. The van der Waals surface area contributed by atoms with Crippen molar-refractivity contribution in [3.63, 3.8) is 0 Å². The molecule has 3 aromatic rings. The maximum Gasteiger partial charge on any atom is 0.410 e. The third kappa shape index (κ3) is 4.40. The van der Waals surface area contributed by atoms with Crippen molar-refractivity contribution in [3.8, 4) is 16.9 Å². The lowest BCUT2D eigenvalue weighted by Crippen LogP contribution is -2.39. The summed E-state index contributed by atoms with van der Waals surface area (Å²) in [5.41, 5.74) is 2.78. The van der Waals surface area contributed by atoms with Crippen LogP contribution in [0.25, 0.3) is 27.7 Å². The molecule has 0 saturated heterocycles. The van der Waals surface area contributed by atoms with Crippen LogP contribution < -0.4 is 4.74 Å². The van der Waals surface area contributed by atoms with Gasteiger partial charge in [0.1, 0.15) is 22.8 Å². The fourth-order valence-electron chi connectivity index (χ4n) is 3.64. The van der Waals surface area contributed by atoms with Gasteiger partial charge in [0, 0.05) is 35.9 Å². The Morgan fingerprint density at radius 3 is 2.81 bits per heavy atom. The third-order valence-electron chi connectivity index (χ3n) is 5.08. The van der Waals surface area contributed by atoms with Crippen LogP contribution >= 0.6 is 0 Å². The SMILES string of the molecule is [2H]C([2H])([2H])Oc1ccc(F)cc1-c1ccnc2[nH]c(C3=CCN(C(=O)OC(C)(C)C)CC3)cc12. The lowest BCUT2D eigenvalue weighted by molar-refractivity contribution is 0.0270. The highest BCUT2D eigenvalue weighted by Crippen LogP contribution is 2.36. The predicted molar refractivity (Wildman–Crippen MR) is 118 cm³/mol. The Balaban J connectivity index is 1.66. The van der Waals surface area contributed by atoms with E-state index in [0.29, 0.717) is 41.7 Å². The van der Waals surface area contributed by atoms with Crippen molar-refractivity contribution < 1.29 is 22.8 Å². The third-order valence-corrected chi connectivity index (χ3v) is 5.08. The van der Waals surface area contributed by atoms with Crippen molar-refractivity contribution in [2.24, 2.45) is 0 Å². The van der Waals surface area contributed by atoms with Gasteiger partial charge in [-0.25, -0.2) is 14.2 Å². The largest absolute Gasteiger partial charge is 0.496 e. The first-order valence-corrected chi connectivity index (χ1v) is 10.0. The smallest absolute Gasteiger partial charge is 0.410 e. The number of nitrogens with zero attached hydrogens (tertiary/aromatic N) is 2. The Morgan fingerprint density at radius 1 is 1.26 bits per heavy atom. The number of ether oxygens (including phenoxy) is 2. The maximum absolute atomic E-state index is 14.1. The van der Waals surface area contributed by atoms with Crippen LogP contribution in [0.3, 0.4) is 0 Å². The lowest BCUT2D eigenvalue weighted by atomic mass is 10.0. The summed E-state index contributed by atoms with van der Waals surface area (Å²) in [6, 6.07) is 7.32. The van der Waals surface area contributed by atoms with Gasteiger partial charge in [0.15, 0.2) is 0 Å². The molecule has 1 amide bonds. The molecule has 1 aromatic carbocycles. The average Bonchev–Trinajstić information content (AvgIpc) is 3.17. The highest BCUT2D eigenvalue weighted by Gasteiger charge is 2.24. The van der Waals surface area contributed by atoms with Gasteiger partial charge in [0.05, 0.1) is 11.2 Å². The number of halogens is 1. The van der Waals surface area contributed by atoms with Gasteiger partial charge < -0.3 is 19.4 Å². The second-order valence-electron chi connectivity index (χ2n) is 8.45. The quantitative estimate of drug-likeness (QED) is 0.609. The van der Waals surface area contributed by atoms with E-state index in [0.717, 1.165) is 17.3 Å². The molecule has 1 aliphatic heterocycles. The van der Waals surface area contributed by atoms with Gasteiger partial charge in [-0.1, -0.05) is 6.08 Å². The molecule has 0 radical (unpaired) electrons. The number of methoxy groups -OCH3 is 1. The van der Waals surface area contributed by atoms with E-state index in [1.54, 1.807) is 17.2 Å². The molecule has 0 atom stereocenters. The Hall–Kier alpha value is -3.35. The van der Waals surface area contributed by atoms with Crippen LogP contribution in [0.2, 0.25) is 0 Å². The van der Waals surface area contributed by atoms with E-state index in [4.69, 9.17) is 13.6 Å². The van der Waals surface area contributed by atoms with E-state index >= 15 is 0 Å². The second-order valence-corrected chi connectivity index (χ2v) is 8.45. The first-order chi connectivity index (χ1) is 15.9. The van der Waals surface area contributed by atoms with Gasteiger partial charge in [-0.3, -0.25) is 0 Å². The topological polar surface area (TPSA) is 67.5 Å². The highest BCUT2D eigenvalue weighted by atomic mass is 19.1. The number of hydrogen-bond donors (Lipinski definition) is 1. The lowest BCUT2D eigenvalue weighted by Gasteiger charge is -2.29. The number of amides is 1. The van der Waals surface area contributed by atoms with Crippen LogP contribution in [-0.4, -0.2) is 46.7 Å². The van der Waals surface area contributed by atoms with Crippen LogP contribution in [0.5, 0.6) is 5.75 Å². The number of aromatic nitrogens is 2. The molecule has 0 fully saturated rings. The Morgan fingerprint density at radius 2 is 2.10 bits per heavy atom. The first-order valence-electron chi connectivity index (χ1n) is 11.5. The van der Waals surface area contributed by atoms with Gasteiger partial charge >= 0.3 is 6.09 Å². The fraction of sp³-hybridized carbons (Fsp3) is 0.333. The number of fused-ring (bicyclic) bond motifs is 1. The molecular weight excluding hydrogens is 397 g/mol. The second kappa shape index (κ2) is 8.06. The number of carbonyl (C=O) groups excluding carboxylic acids is 1. The minimum Gasteiger partial charge on any atom is -0.496 e. The summed E-state index contributed by atoms with van der Waals surface area (Å²) in [5.74, 6) is -0.452. The molecule has 1 aliphatic rings. The number of rotatable bonds is 3. The number of nitrogens with one attached hydrogen (secondary N) is 1. The van der Waals surface area contributed by atoms with Gasteiger partial charge in [-0.2, -0.15) is 0 Å². The molecule has 4 rings (SSSR count). The number of hydrogen-bond acceptors (Lipinski definition) is 4. The van der Waals surface area contributed by atoms with Crippen LogP contribution in [0.15, 0.2) is 42.6 Å². The molecule has 0 unspecified atom stereocenters. The van der Waals surface area contributed by atoms with E-state index < -0.39 is 18.5 Å². The summed E-state index contributed by atoms with van der Waals surface area (Å²) in [5, 5.41) is 0.703. The van der Waals surface area contributed by atoms with Gasteiger partial charge in [0.25, 0.3) is 0 Å². The van der Waals surface area contributed by atoms with E-state index in [1.165, 1.54) is 12.1 Å². The Bertz CT molecular complexity index is 1260. The van der Waals surface area contributed by atoms with Gasteiger partial charge in [0.2, 0.25) is 0 Å². The van der Waals surface area contributed by atoms with Crippen LogP contribution in [0.4, 0.5) is 9.18 Å². The van der Waals surface area contributed by atoms with E-state index in [2.05, 4.69) is 9.97 Å². The van der Waals surface area contributed by atoms with Crippen molar-refractivity contribution in [2.45, 2.75) is 32.8 Å².